The molecular formula is C36H33N. The molecular weight excluding hydrogens is 446 g/mol. The van der Waals surface area contributed by atoms with Crippen molar-refractivity contribution in [2.75, 3.05) is 0 Å². The number of benzene rings is 2. The van der Waals surface area contributed by atoms with Crippen LogP contribution in [0.5, 0.6) is 0 Å². The molecule has 0 aliphatic heterocycles. The highest BCUT2D eigenvalue weighted by Gasteiger charge is 2.77. The van der Waals surface area contributed by atoms with Crippen LogP contribution in [0.15, 0.2) is 108 Å². The Morgan fingerprint density at radius 1 is 0.892 bits per heavy atom. The highest BCUT2D eigenvalue weighted by Crippen LogP contribution is 2.81. The van der Waals surface area contributed by atoms with Crippen molar-refractivity contribution >= 4 is 28.6 Å². The van der Waals surface area contributed by atoms with E-state index in [1.165, 1.54) is 55.7 Å². The lowest BCUT2D eigenvalue weighted by molar-refractivity contribution is 0.359. The van der Waals surface area contributed by atoms with Gasteiger partial charge in [-0.25, -0.2) is 0 Å². The predicted molar refractivity (Wildman–Crippen MR) is 158 cm³/mol. The Balaban J connectivity index is 0.00000242. The first kappa shape index (κ1) is 21.3. The maximum Gasteiger partial charge on any atom is 0.0465 e. The first-order chi connectivity index (χ1) is 18.0. The zero-order chi connectivity index (χ0) is 24.8. The van der Waals surface area contributed by atoms with Gasteiger partial charge in [-0.15, -0.1) is 0 Å². The molecule has 1 nitrogen and oxygen atoms in total. The van der Waals surface area contributed by atoms with Gasteiger partial charge < -0.3 is 4.98 Å². The first-order valence-electron chi connectivity index (χ1n) is 13.6. The summed E-state index contributed by atoms with van der Waals surface area (Å²) >= 11 is 0. The van der Waals surface area contributed by atoms with Crippen LogP contribution in [0.4, 0.5) is 0 Å². The molecule has 0 amide bonds. The Hall–Kier alpha value is -3.84. The molecule has 2 aromatic carbocycles. The van der Waals surface area contributed by atoms with E-state index in [1.807, 2.05) is 0 Å². The van der Waals surface area contributed by atoms with Crippen molar-refractivity contribution in [1.82, 2.24) is 4.98 Å². The van der Waals surface area contributed by atoms with E-state index in [0.29, 0.717) is 0 Å². The second-order valence-corrected chi connectivity index (χ2v) is 11.9. The average molecular weight is 480 g/mol. The number of nitrogens with one attached hydrogen (secondary N) is 1. The summed E-state index contributed by atoms with van der Waals surface area (Å²) in [4.78, 5) is 3.59. The highest BCUT2D eigenvalue weighted by molar-refractivity contribution is 5.86. The fraction of sp³-hybridized carbons (Fsp3) is 0.222. The van der Waals surface area contributed by atoms with E-state index < -0.39 is 0 Å². The molecule has 5 aliphatic rings. The second-order valence-electron chi connectivity index (χ2n) is 11.9. The summed E-state index contributed by atoms with van der Waals surface area (Å²) in [5, 5.41) is 3.85. The molecule has 1 N–H and O–H groups in total. The lowest BCUT2D eigenvalue weighted by Gasteiger charge is -2.32. The minimum absolute atomic E-state index is 0. The molecule has 0 saturated heterocycles. The van der Waals surface area contributed by atoms with E-state index in [4.69, 9.17) is 0 Å². The predicted octanol–water partition coefficient (Wildman–Crippen LogP) is 7.32. The number of rotatable bonds is 2. The molecule has 37 heavy (non-hydrogen) atoms. The second kappa shape index (κ2) is 7.13. The van der Waals surface area contributed by atoms with Crippen molar-refractivity contribution in [1.29, 1.82) is 0 Å². The monoisotopic (exact) mass is 479 g/mol. The third kappa shape index (κ3) is 2.70. The van der Waals surface area contributed by atoms with E-state index in [0.717, 1.165) is 12.8 Å². The van der Waals surface area contributed by atoms with Gasteiger partial charge in [0, 0.05) is 39.1 Å². The molecule has 0 bridgehead atoms. The van der Waals surface area contributed by atoms with E-state index >= 15 is 0 Å². The first-order valence-corrected chi connectivity index (χ1v) is 13.6. The van der Waals surface area contributed by atoms with Crippen LogP contribution in [-0.4, -0.2) is 4.98 Å². The molecule has 3 aromatic rings. The number of H-pyrrole nitrogens is 1. The van der Waals surface area contributed by atoms with Crippen molar-refractivity contribution in [3.63, 3.8) is 0 Å². The molecule has 1 aromatic heterocycles. The quantitative estimate of drug-likeness (QED) is 0.396. The summed E-state index contributed by atoms with van der Waals surface area (Å²) < 4.78 is 0. The minimum Gasteiger partial charge on any atom is -0.355 e. The van der Waals surface area contributed by atoms with Gasteiger partial charge in [0.05, 0.1) is 0 Å². The molecule has 182 valence electrons. The van der Waals surface area contributed by atoms with Crippen LogP contribution in [0.25, 0.3) is 28.6 Å². The lowest BCUT2D eigenvalue weighted by atomic mass is 9.70. The van der Waals surface area contributed by atoms with Crippen LogP contribution < -0.4 is 10.6 Å². The number of hydrogen-bond donors (Lipinski definition) is 1. The zero-order valence-electron chi connectivity index (χ0n) is 21.5. The van der Waals surface area contributed by atoms with Crippen LogP contribution in [0, 0.1) is 5.41 Å². The fourth-order valence-corrected chi connectivity index (χ4v) is 7.80. The normalized spacial score (nSPS) is 27.9. The van der Waals surface area contributed by atoms with Gasteiger partial charge in [0.2, 0.25) is 0 Å². The highest BCUT2D eigenvalue weighted by atomic mass is 14.8. The van der Waals surface area contributed by atoms with E-state index in [-0.39, 0.29) is 17.7 Å². The van der Waals surface area contributed by atoms with Gasteiger partial charge in [0.1, 0.15) is 0 Å². The van der Waals surface area contributed by atoms with Crippen LogP contribution in [0.3, 0.4) is 0 Å². The number of fused-ring (bicyclic) bond motifs is 4. The third-order valence-electron chi connectivity index (χ3n) is 9.90. The average Bonchev–Trinajstić information content (AvgIpc) is 3.60. The minimum atomic E-state index is 0. The smallest absolute Gasteiger partial charge is 0.0465 e. The molecule has 0 radical (unpaired) electrons. The summed E-state index contributed by atoms with van der Waals surface area (Å²) in [7, 11) is 0. The maximum atomic E-state index is 3.59. The van der Waals surface area contributed by atoms with Crippen molar-refractivity contribution in [2.45, 2.75) is 43.9 Å². The summed E-state index contributed by atoms with van der Waals surface area (Å²) in [5.41, 5.74) is 10.2. The Bertz CT molecular complexity index is 1830. The van der Waals surface area contributed by atoms with E-state index in [2.05, 4.69) is 128 Å². The van der Waals surface area contributed by atoms with Crippen LogP contribution >= 0.6 is 0 Å². The SMILES string of the molecule is CC1(C)c2ccccc2C23C=CC(C4=CC=C(c5ccc6[nH]c7c(c6c5)=CCC=CC=7)CC=C4)=CC12C3.[HH]. The number of aromatic amines is 1. The fourth-order valence-electron chi connectivity index (χ4n) is 7.80. The van der Waals surface area contributed by atoms with Gasteiger partial charge in [0.25, 0.3) is 0 Å². The molecule has 2 atom stereocenters. The molecule has 1 heterocycles. The topological polar surface area (TPSA) is 15.8 Å². The molecule has 1 heteroatoms. The maximum absolute atomic E-state index is 3.59. The molecule has 5 aliphatic carbocycles. The Labute approximate surface area is 219 Å². The Morgan fingerprint density at radius 3 is 2.70 bits per heavy atom. The third-order valence-corrected chi connectivity index (χ3v) is 9.90. The molecule has 0 spiro atoms. The number of hydrogen-bond acceptors (Lipinski definition) is 0. The van der Waals surface area contributed by atoms with Crippen molar-refractivity contribution in [3.05, 3.63) is 136 Å². The van der Waals surface area contributed by atoms with Crippen molar-refractivity contribution in [3.8, 4) is 0 Å². The van der Waals surface area contributed by atoms with E-state index in [9.17, 15) is 0 Å². The summed E-state index contributed by atoms with van der Waals surface area (Å²) in [6.07, 6.45) is 28.9. The number of allylic oxidation sites excluding steroid dienone is 12. The number of aromatic nitrogens is 1. The zero-order valence-corrected chi connectivity index (χ0v) is 21.5. The molecule has 2 unspecified atom stereocenters. The largest absolute Gasteiger partial charge is 0.355 e. The van der Waals surface area contributed by atoms with Gasteiger partial charge in [-0.1, -0.05) is 105 Å². The Morgan fingerprint density at radius 2 is 1.78 bits per heavy atom. The van der Waals surface area contributed by atoms with E-state index in [1.54, 1.807) is 5.56 Å². The van der Waals surface area contributed by atoms with Crippen LogP contribution in [0.1, 0.15) is 51.2 Å². The Kier molecular flexibility index (Phi) is 4.10. The van der Waals surface area contributed by atoms with Crippen LogP contribution in [0.2, 0.25) is 0 Å². The van der Waals surface area contributed by atoms with Crippen molar-refractivity contribution < 1.29 is 1.43 Å². The van der Waals surface area contributed by atoms with Crippen molar-refractivity contribution in [2.24, 2.45) is 5.41 Å². The van der Waals surface area contributed by atoms with Gasteiger partial charge >= 0.3 is 0 Å². The van der Waals surface area contributed by atoms with Gasteiger partial charge in [0.15, 0.2) is 0 Å². The summed E-state index contributed by atoms with van der Waals surface area (Å²) in [6.45, 7) is 4.90. The summed E-state index contributed by atoms with van der Waals surface area (Å²) in [6, 6.07) is 16.0. The molecule has 1 saturated carbocycles. The lowest BCUT2D eigenvalue weighted by Crippen LogP contribution is -2.29. The molecule has 8 rings (SSSR count). The summed E-state index contributed by atoms with van der Waals surface area (Å²) in [5.74, 6) is 0. The van der Waals surface area contributed by atoms with Gasteiger partial charge in [-0.3, -0.25) is 0 Å². The van der Waals surface area contributed by atoms with Crippen LogP contribution in [-0.2, 0) is 10.8 Å². The van der Waals surface area contributed by atoms with Gasteiger partial charge in [-0.2, -0.15) is 0 Å². The molecule has 1 fully saturated rings. The van der Waals surface area contributed by atoms with Gasteiger partial charge in [-0.05, 0) is 70.9 Å². The standard InChI is InChI=1S/C36H31N.H2/c1-34(2)30-12-6-7-13-31(30)35-20-19-27(22-36(34,35)23-35)25-10-8-9-24(15-16-25)26-17-18-33-29(21-26)28-11-4-3-5-14-32(28)37-33;/h3,5-8,10-22,37H,4,9,23H2,1-2H3;1H.